The number of aromatic nitrogens is 2. The van der Waals surface area contributed by atoms with E-state index >= 15 is 0 Å². The van der Waals surface area contributed by atoms with Gasteiger partial charge in [0.05, 0.1) is 17.9 Å². The lowest BCUT2D eigenvalue weighted by Gasteiger charge is -2.23. The molecule has 2 aromatic heterocycles. The van der Waals surface area contributed by atoms with Gasteiger partial charge in [0, 0.05) is 30.9 Å². The van der Waals surface area contributed by atoms with Crippen LogP contribution < -0.4 is 10.2 Å². The molecule has 0 bridgehead atoms. The molecule has 0 unspecified atom stereocenters. The average Bonchev–Trinajstić information content (AvgIpc) is 3.02. The fourth-order valence-electron chi connectivity index (χ4n) is 2.96. The largest absolute Gasteiger partial charge is 0.371 e. The number of nitrogens with zero attached hydrogens (tertiary/aromatic N) is 2. The second-order valence-electron chi connectivity index (χ2n) is 6.22. The van der Waals surface area contributed by atoms with E-state index in [9.17, 15) is 0 Å². The monoisotopic (exact) mass is 354 g/mol. The molecular formula is C20H23ClN4. The first-order valence-corrected chi connectivity index (χ1v) is 8.94. The zero-order valence-electron chi connectivity index (χ0n) is 14.9. The van der Waals surface area contributed by atoms with Crippen LogP contribution in [0.2, 0.25) is 5.15 Å². The zero-order chi connectivity index (χ0) is 17.8. The molecule has 1 aliphatic carbocycles. The Morgan fingerprint density at radius 2 is 2.20 bits per heavy atom. The zero-order valence-corrected chi connectivity index (χ0v) is 15.7. The molecule has 2 aromatic rings. The van der Waals surface area contributed by atoms with Crippen LogP contribution in [-0.2, 0) is 0 Å². The maximum atomic E-state index is 6.04. The van der Waals surface area contributed by atoms with E-state index in [2.05, 4.69) is 51.9 Å². The summed E-state index contributed by atoms with van der Waals surface area (Å²) in [7, 11) is 2.05. The SMILES string of the molecule is CCC#CC1=CC(C)=C(NCN(C)c2c[nH]c3ccc(Cl)nc23)CC1. The molecule has 0 aromatic carbocycles. The van der Waals surface area contributed by atoms with Crippen LogP contribution in [0.25, 0.3) is 11.0 Å². The Hall–Kier alpha value is -2.38. The van der Waals surface area contributed by atoms with Gasteiger partial charge in [-0.25, -0.2) is 4.98 Å². The van der Waals surface area contributed by atoms with Crippen molar-refractivity contribution < 1.29 is 0 Å². The number of allylic oxidation sites excluding steroid dienone is 4. The maximum Gasteiger partial charge on any atom is 0.130 e. The van der Waals surface area contributed by atoms with E-state index in [-0.39, 0.29) is 0 Å². The highest BCUT2D eigenvalue weighted by molar-refractivity contribution is 6.29. The van der Waals surface area contributed by atoms with Gasteiger partial charge in [-0.05, 0) is 43.5 Å². The normalized spacial score (nSPS) is 14.2. The number of aromatic amines is 1. The van der Waals surface area contributed by atoms with Crippen molar-refractivity contribution in [1.82, 2.24) is 15.3 Å². The van der Waals surface area contributed by atoms with Gasteiger partial charge in [0.2, 0.25) is 0 Å². The Balaban J connectivity index is 1.70. The van der Waals surface area contributed by atoms with Crippen LogP contribution in [0, 0.1) is 11.8 Å². The molecule has 0 saturated carbocycles. The predicted molar refractivity (Wildman–Crippen MR) is 106 cm³/mol. The average molecular weight is 355 g/mol. The highest BCUT2D eigenvalue weighted by Gasteiger charge is 2.13. The van der Waals surface area contributed by atoms with Gasteiger partial charge in [-0.3, -0.25) is 0 Å². The standard InChI is InChI=1S/C20H23ClN4/c1-4-5-6-15-7-8-16(14(2)11-15)23-13-25(3)18-12-22-17-9-10-19(21)24-20(17)18/h9-12,22-23H,4,7-8,13H2,1-3H3. The minimum atomic E-state index is 0.506. The molecule has 2 heterocycles. The second-order valence-corrected chi connectivity index (χ2v) is 6.61. The van der Waals surface area contributed by atoms with Gasteiger partial charge >= 0.3 is 0 Å². The van der Waals surface area contributed by atoms with Crippen molar-refractivity contribution in [3.05, 3.63) is 46.4 Å². The molecular weight excluding hydrogens is 332 g/mol. The van der Waals surface area contributed by atoms with Gasteiger partial charge in [-0.2, -0.15) is 0 Å². The molecule has 1 aliphatic rings. The summed E-state index contributed by atoms with van der Waals surface area (Å²) in [5, 5.41) is 4.06. The van der Waals surface area contributed by atoms with Gasteiger partial charge in [-0.1, -0.05) is 30.4 Å². The van der Waals surface area contributed by atoms with Crippen molar-refractivity contribution in [1.29, 1.82) is 0 Å². The second kappa shape index (κ2) is 7.67. The smallest absolute Gasteiger partial charge is 0.130 e. The van der Waals surface area contributed by atoms with Gasteiger partial charge < -0.3 is 15.2 Å². The van der Waals surface area contributed by atoms with Crippen LogP contribution in [0.3, 0.4) is 0 Å². The van der Waals surface area contributed by atoms with Gasteiger partial charge in [0.1, 0.15) is 10.7 Å². The van der Waals surface area contributed by atoms with Crippen molar-refractivity contribution in [2.45, 2.75) is 33.1 Å². The van der Waals surface area contributed by atoms with Crippen LogP contribution in [-0.4, -0.2) is 23.7 Å². The number of fused-ring (bicyclic) bond motifs is 1. The summed E-state index contributed by atoms with van der Waals surface area (Å²) in [5.41, 5.74) is 6.68. The fourth-order valence-corrected chi connectivity index (χ4v) is 3.10. The van der Waals surface area contributed by atoms with E-state index in [4.69, 9.17) is 11.6 Å². The summed E-state index contributed by atoms with van der Waals surface area (Å²) in [5.74, 6) is 6.40. The van der Waals surface area contributed by atoms with Crippen molar-refractivity contribution in [2.75, 3.05) is 18.6 Å². The summed E-state index contributed by atoms with van der Waals surface area (Å²) in [6.45, 7) is 4.93. The number of anilines is 1. The highest BCUT2D eigenvalue weighted by Crippen LogP contribution is 2.26. The number of nitrogens with one attached hydrogen (secondary N) is 2. The quantitative estimate of drug-likeness (QED) is 0.479. The third-order valence-electron chi connectivity index (χ3n) is 4.35. The molecule has 2 N–H and O–H groups in total. The molecule has 130 valence electrons. The van der Waals surface area contributed by atoms with Crippen LogP contribution in [0.4, 0.5) is 5.69 Å². The highest BCUT2D eigenvalue weighted by atomic mass is 35.5. The van der Waals surface area contributed by atoms with Crippen LogP contribution in [0.1, 0.15) is 33.1 Å². The minimum absolute atomic E-state index is 0.506. The van der Waals surface area contributed by atoms with Crippen molar-refractivity contribution >= 4 is 28.3 Å². The third-order valence-corrected chi connectivity index (χ3v) is 4.56. The summed E-state index contributed by atoms with van der Waals surface area (Å²) >= 11 is 6.04. The van der Waals surface area contributed by atoms with Crippen LogP contribution in [0.15, 0.2) is 41.2 Å². The molecule has 4 nitrogen and oxygen atoms in total. The van der Waals surface area contributed by atoms with Gasteiger partial charge in [-0.15, -0.1) is 0 Å². The topological polar surface area (TPSA) is 44.0 Å². The fraction of sp³-hybridized carbons (Fsp3) is 0.350. The molecule has 0 amide bonds. The summed E-state index contributed by atoms with van der Waals surface area (Å²) in [4.78, 5) is 9.81. The predicted octanol–water partition coefficient (Wildman–Crippen LogP) is 4.61. The Bertz CT molecular complexity index is 895. The van der Waals surface area contributed by atoms with E-state index < -0.39 is 0 Å². The van der Waals surface area contributed by atoms with E-state index in [0.717, 1.165) is 36.0 Å². The van der Waals surface area contributed by atoms with Crippen molar-refractivity contribution in [3.63, 3.8) is 0 Å². The third kappa shape index (κ3) is 4.00. The number of hydrogen-bond donors (Lipinski definition) is 2. The van der Waals surface area contributed by atoms with Gasteiger partial charge in [0.15, 0.2) is 0 Å². The summed E-state index contributed by atoms with van der Waals surface area (Å²) in [6.07, 6.45) is 7.07. The Kier molecular flexibility index (Phi) is 5.35. The summed E-state index contributed by atoms with van der Waals surface area (Å²) in [6, 6.07) is 3.75. The molecule has 5 heteroatoms. The lowest BCUT2D eigenvalue weighted by atomic mass is 9.97. The lowest BCUT2D eigenvalue weighted by molar-refractivity contribution is 0.714. The lowest BCUT2D eigenvalue weighted by Crippen LogP contribution is -2.31. The first kappa shape index (κ1) is 17.4. The van der Waals surface area contributed by atoms with Gasteiger partial charge in [0.25, 0.3) is 0 Å². The Labute approximate surface area is 154 Å². The molecule has 0 spiro atoms. The van der Waals surface area contributed by atoms with E-state index in [1.165, 1.54) is 16.8 Å². The number of H-pyrrole nitrogens is 1. The maximum absolute atomic E-state index is 6.04. The Morgan fingerprint density at radius 3 is 2.96 bits per heavy atom. The molecule has 25 heavy (non-hydrogen) atoms. The van der Waals surface area contributed by atoms with Crippen molar-refractivity contribution in [3.8, 4) is 11.8 Å². The minimum Gasteiger partial charge on any atom is -0.371 e. The number of pyridine rings is 1. The molecule has 0 atom stereocenters. The first-order valence-electron chi connectivity index (χ1n) is 8.56. The van der Waals surface area contributed by atoms with Crippen molar-refractivity contribution in [2.24, 2.45) is 0 Å². The molecule has 3 rings (SSSR count). The van der Waals surface area contributed by atoms with E-state index in [1.54, 1.807) is 6.07 Å². The summed E-state index contributed by atoms with van der Waals surface area (Å²) < 4.78 is 0. The molecule has 0 saturated heterocycles. The number of hydrogen-bond acceptors (Lipinski definition) is 3. The van der Waals surface area contributed by atoms with E-state index in [0.29, 0.717) is 11.8 Å². The van der Waals surface area contributed by atoms with Crippen LogP contribution >= 0.6 is 11.6 Å². The number of halogens is 1. The Morgan fingerprint density at radius 1 is 1.36 bits per heavy atom. The molecule has 0 aliphatic heterocycles. The van der Waals surface area contributed by atoms with Crippen LogP contribution in [0.5, 0.6) is 0 Å². The molecule has 0 radical (unpaired) electrons. The molecule has 0 fully saturated rings. The number of rotatable bonds is 4. The van der Waals surface area contributed by atoms with E-state index in [1.807, 2.05) is 19.3 Å². The first-order chi connectivity index (χ1) is 12.1.